The van der Waals surface area contributed by atoms with Crippen LogP contribution in [0.3, 0.4) is 0 Å². The summed E-state index contributed by atoms with van der Waals surface area (Å²) >= 11 is 0. The van der Waals surface area contributed by atoms with E-state index >= 15 is 0 Å². The third-order valence-corrected chi connectivity index (χ3v) is 5.25. The highest BCUT2D eigenvalue weighted by Crippen LogP contribution is 2.39. The van der Waals surface area contributed by atoms with Gasteiger partial charge in [-0.3, -0.25) is 5.10 Å². The van der Waals surface area contributed by atoms with Crippen molar-refractivity contribution in [1.82, 2.24) is 20.2 Å². The number of hydrogen-bond acceptors (Lipinski definition) is 6. The SMILES string of the molecule is CC(C)N1CCOc2c(F)cc(-c3nc(Nc4ccc5[nH]ncc5c4)ncc3F)cc21. The number of aromatic nitrogens is 4. The van der Waals surface area contributed by atoms with Crippen molar-refractivity contribution in [3.63, 3.8) is 0 Å². The number of ether oxygens (including phenoxy) is 1. The van der Waals surface area contributed by atoms with Crippen LogP contribution in [0, 0.1) is 11.6 Å². The summed E-state index contributed by atoms with van der Waals surface area (Å²) in [4.78, 5) is 10.4. The Balaban J connectivity index is 1.53. The van der Waals surface area contributed by atoms with Crippen molar-refractivity contribution in [1.29, 1.82) is 0 Å². The van der Waals surface area contributed by atoms with Crippen molar-refractivity contribution >= 4 is 28.2 Å². The van der Waals surface area contributed by atoms with Crippen LogP contribution in [0.2, 0.25) is 0 Å². The molecule has 0 radical (unpaired) electrons. The van der Waals surface area contributed by atoms with Crippen LogP contribution in [0.1, 0.15) is 13.8 Å². The summed E-state index contributed by atoms with van der Waals surface area (Å²) in [5, 5.41) is 10.9. The zero-order valence-electron chi connectivity index (χ0n) is 17.0. The molecule has 1 aliphatic heterocycles. The van der Waals surface area contributed by atoms with Gasteiger partial charge in [0.25, 0.3) is 0 Å². The maximum atomic E-state index is 14.8. The third kappa shape index (κ3) is 3.52. The van der Waals surface area contributed by atoms with E-state index in [9.17, 15) is 8.78 Å². The maximum absolute atomic E-state index is 14.8. The first-order valence-corrected chi connectivity index (χ1v) is 9.95. The molecule has 0 saturated carbocycles. The van der Waals surface area contributed by atoms with E-state index in [2.05, 4.69) is 25.5 Å². The summed E-state index contributed by atoms with van der Waals surface area (Å²) in [6.45, 7) is 5.06. The Morgan fingerprint density at radius 1 is 1.13 bits per heavy atom. The largest absolute Gasteiger partial charge is 0.486 e. The highest BCUT2D eigenvalue weighted by atomic mass is 19.1. The van der Waals surface area contributed by atoms with E-state index in [1.165, 1.54) is 6.07 Å². The third-order valence-electron chi connectivity index (χ3n) is 5.25. The lowest BCUT2D eigenvalue weighted by atomic mass is 10.1. The molecular formula is C22H20F2N6O. The number of aromatic amines is 1. The van der Waals surface area contributed by atoms with Gasteiger partial charge >= 0.3 is 0 Å². The first-order valence-electron chi connectivity index (χ1n) is 9.95. The van der Waals surface area contributed by atoms with E-state index in [4.69, 9.17) is 4.74 Å². The molecule has 2 aromatic carbocycles. The van der Waals surface area contributed by atoms with E-state index in [1.807, 2.05) is 36.9 Å². The van der Waals surface area contributed by atoms with Crippen molar-refractivity contribution in [3.8, 4) is 17.0 Å². The number of halogens is 2. The van der Waals surface area contributed by atoms with Crippen LogP contribution in [0.4, 0.5) is 26.1 Å². The van der Waals surface area contributed by atoms with E-state index < -0.39 is 11.6 Å². The van der Waals surface area contributed by atoms with Crippen LogP contribution in [-0.2, 0) is 0 Å². The molecule has 0 bridgehead atoms. The predicted octanol–water partition coefficient (Wildman–Crippen LogP) is 4.65. The molecule has 31 heavy (non-hydrogen) atoms. The van der Waals surface area contributed by atoms with Crippen LogP contribution in [0.5, 0.6) is 5.75 Å². The lowest BCUT2D eigenvalue weighted by Crippen LogP contribution is -2.38. The molecule has 5 rings (SSSR count). The number of nitrogens with zero attached hydrogens (tertiary/aromatic N) is 4. The van der Waals surface area contributed by atoms with Gasteiger partial charge in [-0.2, -0.15) is 5.10 Å². The van der Waals surface area contributed by atoms with Gasteiger partial charge in [0.15, 0.2) is 17.4 Å². The maximum Gasteiger partial charge on any atom is 0.227 e. The fourth-order valence-corrected chi connectivity index (χ4v) is 3.75. The summed E-state index contributed by atoms with van der Waals surface area (Å²) in [7, 11) is 0. The Bertz CT molecular complexity index is 1270. The van der Waals surface area contributed by atoms with E-state index in [-0.39, 0.29) is 23.4 Å². The lowest BCUT2D eigenvalue weighted by molar-refractivity contribution is 0.287. The topological polar surface area (TPSA) is 79.0 Å². The fourth-order valence-electron chi connectivity index (χ4n) is 3.75. The predicted molar refractivity (Wildman–Crippen MR) is 115 cm³/mol. The van der Waals surface area contributed by atoms with Crippen molar-refractivity contribution < 1.29 is 13.5 Å². The summed E-state index contributed by atoms with van der Waals surface area (Å²) in [6, 6.07) is 8.68. The van der Waals surface area contributed by atoms with Crippen molar-refractivity contribution in [3.05, 3.63) is 54.4 Å². The van der Waals surface area contributed by atoms with Gasteiger partial charge in [0.1, 0.15) is 12.3 Å². The number of nitrogens with one attached hydrogen (secondary N) is 2. The Morgan fingerprint density at radius 2 is 2.00 bits per heavy atom. The van der Waals surface area contributed by atoms with E-state index in [0.717, 1.165) is 22.8 Å². The second-order valence-corrected chi connectivity index (χ2v) is 7.63. The quantitative estimate of drug-likeness (QED) is 0.499. The van der Waals surface area contributed by atoms with Crippen LogP contribution in [0.15, 0.2) is 42.7 Å². The molecule has 0 saturated heterocycles. The van der Waals surface area contributed by atoms with Crippen molar-refractivity contribution in [2.45, 2.75) is 19.9 Å². The van der Waals surface area contributed by atoms with Crippen LogP contribution in [-0.4, -0.2) is 39.4 Å². The Morgan fingerprint density at radius 3 is 2.84 bits per heavy atom. The normalized spacial score (nSPS) is 13.4. The molecule has 2 aromatic heterocycles. The van der Waals surface area contributed by atoms with Gasteiger partial charge in [0, 0.05) is 22.7 Å². The fraction of sp³-hybridized carbons (Fsp3) is 0.227. The van der Waals surface area contributed by atoms with Crippen LogP contribution in [0.25, 0.3) is 22.2 Å². The Hall–Kier alpha value is -3.75. The standard InChI is InChI=1S/C22H20F2N6O/c1-12(2)30-5-6-31-21-16(23)8-13(9-19(21)30)20-17(24)11-25-22(28-20)27-15-3-4-18-14(7-15)10-26-29-18/h3-4,7-12H,5-6H2,1-2H3,(H,26,29)(H,25,27,28). The minimum absolute atomic E-state index is 0.0119. The number of fused-ring (bicyclic) bond motifs is 2. The second-order valence-electron chi connectivity index (χ2n) is 7.63. The van der Waals surface area contributed by atoms with Crippen molar-refractivity contribution in [2.24, 2.45) is 0 Å². The van der Waals surface area contributed by atoms with Gasteiger partial charge in [-0.15, -0.1) is 0 Å². The number of H-pyrrole nitrogens is 1. The molecule has 7 nitrogen and oxygen atoms in total. The smallest absolute Gasteiger partial charge is 0.227 e. The number of rotatable bonds is 4. The summed E-state index contributed by atoms with van der Waals surface area (Å²) in [5.41, 5.74) is 2.54. The Kier molecular flexibility index (Phi) is 4.65. The molecule has 0 atom stereocenters. The van der Waals surface area contributed by atoms with Gasteiger partial charge in [0.05, 0.1) is 30.1 Å². The van der Waals surface area contributed by atoms with Gasteiger partial charge < -0.3 is 15.0 Å². The first-order chi connectivity index (χ1) is 15.0. The highest BCUT2D eigenvalue weighted by Gasteiger charge is 2.25. The van der Waals surface area contributed by atoms with E-state index in [0.29, 0.717) is 24.4 Å². The monoisotopic (exact) mass is 422 g/mol. The average molecular weight is 422 g/mol. The highest BCUT2D eigenvalue weighted by molar-refractivity contribution is 5.82. The Labute approximate surface area is 177 Å². The average Bonchev–Trinajstić information content (AvgIpc) is 3.22. The lowest BCUT2D eigenvalue weighted by Gasteiger charge is -2.34. The summed E-state index contributed by atoms with van der Waals surface area (Å²) in [5.74, 6) is -0.793. The second kappa shape index (κ2) is 7.50. The zero-order chi connectivity index (χ0) is 21.5. The summed E-state index contributed by atoms with van der Waals surface area (Å²) in [6.07, 6.45) is 2.78. The van der Waals surface area contributed by atoms with Crippen LogP contribution < -0.4 is 15.0 Å². The van der Waals surface area contributed by atoms with Crippen molar-refractivity contribution in [2.75, 3.05) is 23.4 Å². The minimum Gasteiger partial charge on any atom is -0.486 e. The molecule has 0 amide bonds. The number of hydrogen-bond donors (Lipinski definition) is 2. The number of anilines is 3. The minimum atomic E-state index is -0.636. The molecule has 0 spiro atoms. The first kappa shape index (κ1) is 19.2. The molecule has 9 heteroatoms. The molecule has 2 N–H and O–H groups in total. The van der Waals surface area contributed by atoms with Gasteiger partial charge in [0.2, 0.25) is 5.95 Å². The molecule has 3 heterocycles. The van der Waals surface area contributed by atoms with Gasteiger partial charge in [-0.05, 0) is 44.2 Å². The molecular weight excluding hydrogens is 402 g/mol. The summed E-state index contributed by atoms with van der Waals surface area (Å²) < 4.78 is 35.0. The molecule has 0 fully saturated rings. The van der Waals surface area contributed by atoms with Gasteiger partial charge in [-0.25, -0.2) is 18.7 Å². The molecule has 158 valence electrons. The molecule has 4 aromatic rings. The number of benzene rings is 2. The van der Waals surface area contributed by atoms with Crippen LogP contribution >= 0.6 is 0 Å². The van der Waals surface area contributed by atoms with Gasteiger partial charge in [-0.1, -0.05) is 0 Å². The molecule has 0 unspecified atom stereocenters. The molecule has 1 aliphatic rings. The molecule has 0 aliphatic carbocycles. The zero-order valence-corrected chi connectivity index (χ0v) is 17.0. The van der Waals surface area contributed by atoms with E-state index in [1.54, 1.807) is 12.3 Å².